The molecule has 0 radical (unpaired) electrons. The fourth-order valence-corrected chi connectivity index (χ4v) is 7.35. The molecule has 1 aromatic heterocycles. The predicted octanol–water partition coefficient (Wildman–Crippen LogP) is 8.99. The third-order valence-corrected chi connectivity index (χ3v) is 10.2. The van der Waals surface area contributed by atoms with Gasteiger partial charge in [0.2, 0.25) is 0 Å². The van der Waals surface area contributed by atoms with Crippen LogP contribution in [0.4, 0.5) is 5.69 Å². The van der Waals surface area contributed by atoms with Gasteiger partial charge in [0.05, 0.1) is 21.3 Å². The van der Waals surface area contributed by atoms with Gasteiger partial charge in [0.1, 0.15) is 5.25 Å². The summed E-state index contributed by atoms with van der Waals surface area (Å²) in [5.41, 5.74) is 2.13. The van der Waals surface area contributed by atoms with Gasteiger partial charge in [0.25, 0.3) is 11.8 Å². The van der Waals surface area contributed by atoms with E-state index in [4.69, 9.17) is 0 Å². The van der Waals surface area contributed by atoms with Crippen LogP contribution in [0.2, 0.25) is 0 Å². The number of fused-ring (bicyclic) bond motifs is 1. The number of thioether (sulfide) groups is 1. The number of carboxylic acid groups (broad SMARTS) is 1. The molecule has 0 fully saturated rings. The first kappa shape index (κ1) is 34.6. The predicted molar refractivity (Wildman–Crippen MR) is 179 cm³/mol. The molecular formula is C34H47N3O4S2. The number of hydrogen-bond acceptors (Lipinski definition) is 6. The molecule has 1 heterocycles. The molecule has 7 nitrogen and oxygen atoms in total. The van der Waals surface area contributed by atoms with Gasteiger partial charge >= 0.3 is 5.97 Å². The number of carbonyl (C=O) groups excluding carboxylic acids is 2. The largest absolute Gasteiger partial charge is 0.480 e. The Labute approximate surface area is 264 Å². The number of carboxylic acids is 1. The summed E-state index contributed by atoms with van der Waals surface area (Å²) in [5, 5.41) is 11.6. The van der Waals surface area contributed by atoms with Gasteiger partial charge in [-0.15, -0.1) is 11.3 Å². The SMILES string of the molecule is CCCCC(CC)CN(CC(CC)CCCC)C(=O)c1ccccc1C(=O)Nc1ccc2nc(SC(C)C(=O)O)sc2c1. The molecule has 2 aromatic carbocycles. The number of amides is 2. The summed E-state index contributed by atoms with van der Waals surface area (Å²) in [6, 6.07) is 12.5. The molecule has 2 amide bonds. The molecule has 0 spiro atoms. The van der Waals surface area contributed by atoms with Crippen LogP contribution in [-0.4, -0.2) is 51.1 Å². The van der Waals surface area contributed by atoms with Crippen LogP contribution in [0.3, 0.4) is 0 Å². The minimum Gasteiger partial charge on any atom is -0.480 e. The molecule has 0 bridgehead atoms. The van der Waals surface area contributed by atoms with Crippen LogP contribution in [0.25, 0.3) is 10.2 Å². The highest BCUT2D eigenvalue weighted by molar-refractivity contribution is 8.02. The van der Waals surface area contributed by atoms with Gasteiger partial charge in [0.15, 0.2) is 4.34 Å². The summed E-state index contributed by atoms with van der Waals surface area (Å²) in [6.45, 7) is 11.8. The standard InChI is InChI=1S/C34H47N3O4S2/c1-6-10-14-24(8-3)21-37(22-25(9-4)15-11-7-2)32(39)28-17-13-12-16-27(28)31(38)35-26-18-19-29-30(20-26)43-34(36-29)42-23(5)33(40)41/h12-13,16-20,23-25H,6-11,14-15,21-22H2,1-5H3,(H,35,38)(H,40,41). The van der Waals surface area contributed by atoms with Gasteiger partial charge in [-0.3, -0.25) is 14.4 Å². The molecule has 0 aliphatic carbocycles. The highest BCUT2D eigenvalue weighted by atomic mass is 32.2. The quantitative estimate of drug-likeness (QED) is 0.137. The molecule has 9 heteroatoms. The Hall–Kier alpha value is -2.91. The maximum atomic E-state index is 14.2. The number of aliphatic carboxylic acids is 1. The molecule has 3 aromatic rings. The number of rotatable bonds is 18. The Balaban J connectivity index is 1.84. The van der Waals surface area contributed by atoms with Crippen molar-refractivity contribution in [1.29, 1.82) is 0 Å². The van der Waals surface area contributed by atoms with E-state index in [0.29, 0.717) is 46.1 Å². The van der Waals surface area contributed by atoms with E-state index in [1.165, 1.54) is 23.1 Å². The number of thiazole rings is 1. The fraction of sp³-hybridized carbons (Fsp3) is 0.529. The smallest absolute Gasteiger partial charge is 0.316 e. The van der Waals surface area contributed by atoms with Crippen molar-refractivity contribution in [2.24, 2.45) is 11.8 Å². The lowest BCUT2D eigenvalue weighted by Gasteiger charge is -2.31. The van der Waals surface area contributed by atoms with Crippen molar-refractivity contribution >= 4 is 56.8 Å². The van der Waals surface area contributed by atoms with Crippen LogP contribution >= 0.6 is 23.1 Å². The maximum Gasteiger partial charge on any atom is 0.316 e. The number of hydrogen-bond donors (Lipinski definition) is 2. The Morgan fingerprint density at radius 2 is 1.53 bits per heavy atom. The average molecular weight is 626 g/mol. The lowest BCUT2D eigenvalue weighted by molar-refractivity contribution is -0.136. The third-order valence-electron chi connectivity index (χ3n) is 7.99. The van der Waals surface area contributed by atoms with Gasteiger partial charge in [-0.25, -0.2) is 4.98 Å². The molecule has 3 unspecified atom stereocenters. The maximum absolute atomic E-state index is 14.2. The van der Waals surface area contributed by atoms with Crippen LogP contribution in [0.15, 0.2) is 46.8 Å². The molecule has 2 N–H and O–H groups in total. The van der Waals surface area contributed by atoms with Crippen molar-refractivity contribution in [3.63, 3.8) is 0 Å². The summed E-state index contributed by atoms with van der Waals surface area (Å²) < 4.78 is 1.52. The topological polar surface area (TPSA) is 99.6 Å². The first-order valence-corrected chi connectivity index (χ1v) is 17.4. The summed E-state index contributed by atoms with van der Waals surface area (Å²) >= 11 is 2.59. The number of benzene rings is 2. The fourth-order valence-electron chi connectivity index (χ4n) is 5.17. The van der Waals surface area contributed by atoms with E-state index in [1.54, 1.807) is 31.2 Å². The minimum atomic E-state index is -0.888. The zero-order chi connectivity index (χ0) is 31.4. The summed E-state index contributed by atoms with van der Waals surface area (Å²) in [4.78, 5) is 45.6. The summed E-state index contributed by atoms with van der Waals surface area (Å²) in [6.07, 6.45) is 8.80. The zero-order valence-corrected chi connectivity index (χ0v) is 27.9. The zero-order valence-electron chi connectivity index (χ0n) is 26.2. The Morgan fingerprint density at radius 1 is 0.930 bits per heavy atom. The van der Waals surface area contributed by atoms with Crippen LogP contribution < -0.4 is 5.32 Å². The lowest BCUT2D eigenvalue weighted by atomic mass is 9.94. The van der Waals surface area contributed by atoms with Crippen molar-refractivity contribution < 1.29 is 19.5 Å². The van der Waals surface area contributed by atoms with E-state index in [9.17, 15) is 19.5 Å². The first-order chi connectivity index (χ1) is 20.7. The molecular weight excluding hydrogens is 579 g/mol. The van der Waals surface area contributed by atoms with Crippen molar-refractivity contribution in [3.05, 3.63) is 53.6 Å². The number of aromatic nitrogens is 1. The second-order valence-corrected chi connectivity index (χ2v) is 13.9. The molecule has 43 heavy (non-hydrogen) atoms. The molecule has 0 aliphatic rings. The Bertz CT molecular complexity index is 1340. The molecule has 0 aliphatic heterocycles. The van der Waals surface area contributed by atoms with E-state index in [2.05, 4.69) is 38.0 Å². The van der Waals surface area contributed by atoms with Gasteiger partial charge in [-0.2, -0.15) is 0 Å². The monoisotopic (exact) mass is 625 g/mol. The van der Waals surface area contributed by atoms with Gasteiger partial charge < -0.3 is 15.3 Å². The Morgan fingerprint density at radius 3 is 2.09 bits per heavy atom. The van der Waals surface area contributed by atoms with E-state index in [0.717, 1.165) is 61.6 Å². The van der Waals surface area contributed by atoms with Crippen molar-refractivity contribution in [2.75, 3.05) is 18.4 Å². The van der Waals surface area contributed by atoms with Crippen LogP contribution in [0.5, 0.6) is 0 Å². The first-order valence-electron chi connectivity index (χ1n) is 15.7. The normalized spacial score (nSPS) is 13.4. The van der Waals surface area contributed by atoms with Crippen molar-refractivity contribution in [1.82, 2.24) is 9.88 Å². The molecule has 3 rings (SSSR count). The van der Waals surface area contributed by atoms with Crippen molar-refractivity contribution in [3.8, 4) is 0 Å². The van der Waals surface area contributed by atoms with E-state index >= 15 is 0 Å². The van der Waals surface area contributed by atoms with Gasteiger partial charge in [0, 0.05) is 18.8 Å². The van der Waals surface area contributed by atoms with Crippen LogP contribution in [0, 0.1) is 11.8 Å². The van der Waals surface area contributed by atoms with Crippen LogP contribution in [-0.2, 0) is 4.79 Å². The molecule has 3 atom stereocenters. The van der Waals surface area contributed by atoms with E-state index in [1.807, 2.05) is 23.1 Å². The molecule has 0 saturated heterocycles. The highest BCUT2D eigenvalue weighted by Gasteiger charge is 2.26. The second kappa shape index (κ2) is 17.4. The minimum absolute atomic E-state index is 0.0808. The number of unbranched alkanes of at least 4 members (excludes halogenated alkanes) is 2. The average Bonchev–Trinajstić information content (AvgIpc) is 3.41. The van der Waals surface area contributed by atoms with Gasteiger partial charge in [-0.05, 0) is 61.9 Å². The van der Waals surface area contributed by atoms with Crippen LogP contribution in [0.1, 0.15) is 107 Å². The summed E-state index contributed by atoms with van der Waals surface area (Å²) in [5.74, 6) is -0.440. The second-order valence-electron chi connectivity index (χ2n) is 11.3. The number of nitrogens with one attached hydrogen (secondary N) is 1. The Kier molecular flexibility index (Phi) is 14.0. The van der Waals surface area contributed by atoms with Crippen molar-refractivity contribution in [2.45, 2.75) is 95.6 Å². The number of carbonyl (C=O) groups is 3. The summed E-state index contributed by atoms with van der Waals surface area (Å²) in [7, 11) is 0. The highest BCUT2D eigenvalue weighted by Crippen LogP contribution is 2.33. The molecule has 0 saturated carbocycles. The van der Waals surface area contributed by atoms with E-state index < -0.39 is 11.2 Å². The van der Waals surface area contributed by atoms with E-state index in [-0.39, 0.29) is 11.8 Å². The number of anilines is 1. The lowest BCUT2D eigenvalue weighted by Crippen LogP contribution is -2.39. The third kappa shape index (κ3) is 10.1. The molecule has 234 valence electrons. The number of nitrogens with zero attached hydrogens (tertiary/aromatic N) is 2. The van der Waals surface area contributed by atoms with Gasteiger partial charge in [-0.1, -0.05) is 90.1 Å².